The van der Waals surface area contributed by atoms with Gasteiger partial charge in [0.2, 0.25) is 0 Å². The van der Waals surface area contributed by atoms with Crippen molar-refractivity contribution in [3.05, 3.63) is 46.6 Å². The minimum atomic E-state index is 0.498. The summed E-state index contributed by atoms with van der Waals surface area (Å²) in [6, 6.07) is 10.2. The van der Waals surface area contributed by atoms with Crippen molar-refractivity contribution in [2.75, 3.05) is 0 Å². The topological polar surface area (TPSA) is 25.8 Å². The zero-order valence-electron chi connectivity index (χ0n) is 9.37. The van der Waals surface area contributed by atoms with Crippen LogP contribution in [0.3, 0.4) is 0 Å². The van der Waals surface area contributed by atoms with E-state index in [9.17, 15) is 0 Å². The molecule has 0 atom stereocenters. The molecule has 2 nitrogen and oxygen atoms in total. The Morgan fingerprint density at radius 2 is 1.81 bits per heavy atom. The van der Waals surface area contributed by atoms with Crippen molar-refractivity contribution in [1.82, 2.24) is 10.2 Å². The molecule has 2 rings (SSSR count). The van der Waals surface area contributed by atoms with E-state index < -0.39 is 0 Å². The molecular formula is C13H13ClN2. The Kier molecular flexibility index (Phi) is 3.20. The molecule has 0 aliphatic rings. The summed E-state index contributed by atoms with van der Waals surface area (Å²) in [4.78, 5) is 0. The Balaban J connectivity index is 2.44. The lowest BCUT2D eigenvalue weighted by Crippen LogP contribution is -1.93. The van der Waals surface area contributed by atoms with Gasteiger partial charge in [0.15, 0.2) is 5.15 Å². The van der Waals surface area contributed by atoms with Gasteiger partial charge in [-0.2, -0.15) is 0 Å². The lowest BCUT2D eigenvalue weighted by atomic mass is 10.1. The van der Waals surface area contributed by atoms with E-state index >= 15 is 0 Å². The SMILES string of the molecule is CCc1cc(-c2ccc(C)cc2)nnc1Cl. The molecule has 16 heavy (non-hydrogen) atoms. The lowest BCUT2D eigenvalue weighted by Gasteiger charge is -2.04. The standard InChI is InChI=1S/C13H13ClN2/c1-3-10-8-12(15-16-13(10)14)11-6-4-9(2)5-7-11/h4-8H,3H2,1-2H3. The third-order valence-corrected chi connectivity index (χ3v) is 2.87. The van der Waals surface area contributed by atoms with Crippen LogP contribution in [-0.4, -0.2) is 10.2 Å². The fourth-order valence-corrected chi connectivity index (χ4v) is 1.75. The number of rotatable bonds is 2. The van der Waals surface area contributed by atoms with Crippen LogP contribution in [0.2, 0.25) is 5.15 Å². The number of benzene rings is 1. The van der Waals surface area contributed by atoms with E-state index in [2.05, 4.69) is 36.2 Å². The van der Waals surface area contributed by atoms with Gasteiger partial charge in [-0.25, -0.2) is 0 Å². The van der Waals surface area contributed by atoms with E-state index in [4.69, 9.17) is 11.6 Å². The van der Waals surface area contributed by atoms with Crippen LogP contribution >= 0.6 is 11.6 Å². The van der Waals surface area contributed by atoms with E-state index in [1.165, 1.54) is 5.56 Å². The second-order valence-electron chi connectivity index (χ2n) is 3.77. The zero-order valence-corrected chi connectivity index (χ0v) is 10.1. The molecule has 3 heteroatoms. The summed E-state index contributed by atoms with van der Waals surface area (Å²) in [6.45, 7) is 4.12. The summed E-state index contributed by atoms with van der Waals surface area (Å²) in [5, 5.41) is 8.57. The van der Waals surface area contributed by atoms with Crippen molar-refractivity contribution in [1.29, 1.82) is 0 Å². The molecule has 0 radical (unpaired) electrons. The lowest BCUT2D eigenvalue weighted by molar-refractivity contribution is 0.990. The molecule has 0 amide bonds. The van der Waals surface area contributed by atoms with Crippen LogP contribution in [0.25, 0.3) is 11.3 Å². The Bertz CT molecular complexity index is 492. The predicted molar refractivity (Wildman–Crippen MR) is 66.6 cm³/mol. The first-order valence-electron chi connectivity index (χ1n) is 5.30. The van der Waals surface area contributed by atoms with Gasteiger partial charge in [0, 0.05) is 5.56 Å². The van der Waals surface area contributed by atoms with Crippen molar-refractivity contribution in [2.45, 2.75) is 20.3 Å². The number of aromatic nitrogens is 2. The largest absolute Gasteiger partial charge is 0.154 e. The van der Waals surface area contributed by atoms with Gasteiger partial charge in [0.25, 0.3) is 0 Å². The van der Waals surface area contributed by atoms with Crippen molar-refractivity contribution >= 4 is 11.6 Å². The third-order valence-electron chi connectivity index (χ3n) is 2.55. The average Bonchev–Trinajstić information content (AvgIpc) is 2.31. The molecule has 0 bridgehead atoms. The molecule has 0 aliphatic heterocycles. The van der Waals surface area contributed by atoms with Crippen LogP contribution in [0.1, 0.15) is 18.1 Å². The summed E-state index contributed by atoms with van der Waals surface area (Å²) >= 11 is 5.94. The highest BCUT2D eigenvalue weighted by Crippen LogP contribution is 2.21. The molecule has 1 aromatic carbocycles. The van der Waals surface area contributed by atoms with Crippen LogP contribution in [0.5, 0.6) is 0 Å². The first-order chi connectivity index (χ1) is 7.70. The maximum Gasteiger partial charge on any atom is 0.154 e. The van der Waals surface area contributed by atoms with Gasteiger partial charge in [-0.1, -0.05) is 48.4 Å². The van der Waals surface area contributed by atoms with Gasteiger partial charge in [0.1, 0.15) is 0 Å². The smallest absolute Gasteiger partial charge is 0.149 e. The summed E-state index contributed by atoms with van der Waals surface area (Å²) < 4.78 is 0. The van der Waals surface area contributed by atoms with Crippen molar-refractivity contribution in [3.63, 3.8) is 0 Å². The van der Waals surface area contributed by atoms with E-state index in [1.807, 2.05) is 18.2 Å². The Morgan fingerprint density at radius 3 is 2.44 bits per heavy atom. The van der Waals surface area contributed by atoms with Crippen LogP contribution < -0.4 is 0 Å². The molecule has 0 N–H and O–H groups in total. The fourth-order valence-electron chi connectivity index (χ4n) is 1.53. The van der Waals surface area contributed by atoms with Crippen LogP contribution in [0.15, 0.2) is 30.3 Å². The number of hydrogen-bond acceptors (Lipinski definition) is 2. The molecular weight excluding hydrogens is 220 g/mol. The van der Waals surface area contributed by atoms with Gasteiger partial charge in [0.05, 0.1) is 5.69 Å². The number of aryl methyl sites for hydroxylation is 2. The monoisotopic (exact) mass is 232 g/mol. The molecule has 1 aromatic heterocycles. The van der Waals surface area contributed by atoms with Crippen LogP contribution in [0, 0.1) is 6.92 Å². The first kappa shape index (κ1) is 11.1. The highest BCUT2D eigenvalue weighted by molar-refractivity contribution is 6.30. The summed E-state index contributed by atoms with van der Waals surface area (Å²) in [5.41, 5.74) is 4.22. The van der Waals surface area contributed by atoms with Crippen molar-refractivity contribution < 1.29 is 0 Å². The average molecular weight is 233 g/mol. The van der Waals surface area contributed by atoms with Crippen LogP contribution in [-0.2, 0) is 6.42 Å². The molecule has 2 aromatic rings. The molecule has 0 fully saturated rings. The van der Waals surface area contributed by atoms with Crippen molar-refractivity contribution in [3.8, 4) is 11.3 Å². The van der Waals surface area contributed by atoms with Crippen LogP contribution in [0.4, 0.5) is 0 Å². The maximum absolute atomic E-state index is 5.94. The maximum atomic E-state index is 5.94. The quantitative estimate of drug-likeness (QED) is 0.790. The fraction of sp³-hybridized carbons (Fsp3) is 0.231. The highest BCUT2D eigenvalue weighted by Gasteiger charge is 2.05. The van der Waals surface area contributed by atoms with E-state index in [0.29, 0.717) is 5.15 Å². The number of halogens is 1. The Hall–Kier alpha value is -1.41. The normalized spacial score (nSPS) is 10.4. The van der Waals surface area contributed by atoms with Gasteiger partial charge >= 0.3 is 0 Å². The molecule has 82 valence electrons. The third kappa shape index (κ3) is 2.22. The first-order valence-corrected chi connectivity index (χ1v) is 5.67. The number of nitrogens with zero attached hydrogens (tertiary/aromatic N) is 2. The molecule has 0 aliphatic carbocycles. The van der Waals surface area contributed by atoms with Gasteiger partial charge in [-0.3, -0.25) is 0 Å². The second kappa shape index (κ2) is 4.62. The minimum absolute atomic E-state index is 0.498. The van der Waals surface area contributed by atoms with Gasteiger partial charge < -0.3 is 0 Å². The Morgan fingerprint density at radius 1 is 1.12 bits per heavy atom. The minimum Gasteiger partial charge on any atom is -0.149 e. The summed E-state index contributed by atoms with van der Waals surface area (Å²) in [7, 11) is 0. The Labute approximate surface area is 100 Å². The molecule has 0 spiro atoms. The zero-order chi connectivity index (χ0) is 11.5. The van der Waals surface area contributed by atoms with Crippen molar-refractivity contribution in [2.24, 2.45) is 0 Å². The highest BCUT2D eigenvalue weighted by atomic mass is 35.5. The predicted octanol–water partition coefficient (Wildman–Crippen LogP) is 3.67. The number of hydrogen-bond donors (Lipinski definition) is 0. The second-order valence-corrected chi connectivity index (χ2v) is 4.12. The summed E-state index contributed by atoms with van der Waals surface area (Å²) in [5.74, 6) is 0. The van der Waals surface area contributed by atoms with Gasteiger partial charge in [-0.15, -0.1) is 10.2 Å². The molecule has 0 saturated carbocycles. The molecule has 0 saturated heterocycles. The van der Waals surface area contributed by atoms with Gasteiger partial charge in [-0.05, 0) is 25.0 Å². The van der Waals surface area contributed by atoms with E-state index in [1.54, 1.807) is 0 Å². The van der Waals surface area contributed by atoms with E-state index in [-0.39, 0.29) is 0 Å². The summed E-state index contributed by atoms with van der Waals surface area (Å²) in [6.07, 6.45) is 0.868. The van der Waals surface area contributed by atoms with E-state index in [0.717, 1.165) is 23.2 Å². The molecule has 1 heterocycles. The molecule has 0 unspecified atom stereocenters.